The molecular weight excluding hydrogens is 1190 g/mol. The molecule has 0 atom stereocenters. The first-order valence-electron chi connectivity index (χ1n) is 33.8. The van der Waals surface area contributed by atoms with E-state index >= 15 is 0 Å². The number of hydrogen-bond acceptors (Lipinski definition) is 2. The van der Waals surface area contributed by atoms with Crippen LogP contribution in [0, 0.1) is 0 Å². The van der Waals surface area contributed by atoms with Crippen molar-refractivity contribution in [2.24, 2.45) is 0 Å². The molecule has 2 heterocycles. The van der Waals surface area contributed by atoms with Crippen molar-refractivity contribution in [3.63, 3.8) is 0 Å². The lowest BCUT2D eigenvalue weighted by atomic mass is 9.85. The minimum absolute atomic E-state index is 0.850. The molecule has 0 radical (unpaired) electrons. The highest BCUT2D eigenvalue weighted by molar-refractivity contribution is 6.23. The van der Waals surface area contributed by atoms with Crippen LogP contribution < -0.4 is 0 Å². The van der Waals surface area contributed by atoms with E-state index in [0.29, 0.717) is 0 Å². The van der Waals surface area contributed by atoms with Gasteiger partial charge in [-0.2, -0.15) is 0 Å². The summed E-state index contributed by atoms with van der Waals surface area (Å²) in [6, 6.07) is 129. The summed E-state index contributed by atoms with van der Waals surface area (Å²) in [5, 5.41) is 19.2. The predicted octanol–water partition coefficient (Wildman–Crippen LogP) is 27.4. The van der Waals surface area contributed by atoms with Crippen LogP contribution >= 0.6 is 0 Å². The Morgan fingerprint density at radius 1 is 0.143 bits per heavy atom. The van der Waals surface area contributed by atoms with Crippen molar-refractivity contribution in [3.8, 4) is 100 Å². The number of furan rings is 2. The predicted molar refractivity (Wildman–Crippen MR) is 415 cm³/mol. The summed E-state index contributed by atoms with van der Waals surface area (Å²) in [5.41, 5.74) is 24.7. The van der Waals surface area contributed by atoms with Gasteiger partial charge in [0, 0.05) is 27.1 Å². The van der Waals surface area contributed by atoms with Gasteiger partial charge in [0.2, 0.25) is 0 Å². The monoisotopic (exact) mass is 1240 g/mol. The standard InChI is InChI=1S/C96H58O2/c1-3-17-67-53-70(45-37-59(67)15-1)61-31-39-64(40-32-61)92-77-21-5-7-23-79(77)93(80-24-8-6-22-78(80)92)66-43-35-63(36-44-66)72-47-50-89-87(56-72)88-58-74(49-52-90(88)97-89)76-29-14-30-85-86-57-73(48-51-91(86)98-96(76)85)69-19-13-20-75(55-69)95-83-27-11-9-25-81(83)94(82-26-10-12-28-84(82)95)65-41-33-62(34-42-65)71-46-38-60-16-2-4-18-68(60)54-71/h1-58H. The Labute approximate surface area is 565 Å². The first-order chi connectivity index (χ1) is 48.5. The Morgan fingerprint density at radius 2 is 0.429 bits per heavy atom. The molecule has 0 N–H and O–H groups in total. The highest BCUT2D eigenvalue weighted by atomic mass is 16.3. The van der Waals surface area contributed by atoms with Crippen LogP contribution in [0.4, 0.5) is 0 Å². The first-order valence-corrected chi connectivity index (χ1v) is 33.8. The Hall–Kier alpha value is -12.9. The number of hydrogen-bond donors (Lipinski definition) is 0. The fraction of sp³-hybridized carbons (Fsp3) is 0. The number of rotatable bonds is 9. The summed E-state index contributed by atoms with van der Waals surface area (Å²) in [6.45, 7) is 0. The molecule has 2 nitrogen and oxygen atoms in total. The normalized spacial score (nSPS) is 11.9. The molecule has 20 aromatic rings. The second-order valence-corrected chi connectivity index (χ2v) is 26.1. The molecule has 0 fully saturated rings. The summed E-state index contributed by atoms with van der Waals surface area (Å²) in [5.74, 6) is 0. The average Bonchev–Trinajstić information content (AvgIpc) is 0.774. The molecular formula is C96H58O2. The Kier molecular flexibility index (Phi) is 12.7. The molecule has 2 heteroatoms. The van der Waals surface area contributed by atoms with Gasteiger partial charge in [-0.15, -0.1) is 0 Å². The van der Waals surface area contributed by atoms with Gasteiger partial charge in [0.1, 0.15) is 22.3 Å². The second-order valence-electron chi connectivity index (χ2n) is 26.1. The van der Waals surface area contributed by atoms with E-state index in [2.05, 4.69) is 352 Å². The Balaban J connectivity index is 0.611. The van der Waals surface area contributed by atoms with Crippen LogP contribution in [0.15, 0.2) is 361 Å². The molecule has 0 saturated heterocycles. The van der Waals surface area contributed by atoms with Gasteiger partial charge in [0.15, 0.2) is 0 Å². The van der Waals surface area contributed by atoms with Gasteiger partial charge < -0.3 is 8.83 Å². The molecule has 0 saturated carbocycles. The minimum atomic E-state index is 0.850. The SMILES string of the molecule is c1cc(-c2ccc3oc4c(-c5ccc6oc7ccc(-c8ccc(-c9c%10ccccc%10c(-c%10ccc(-c%11ccc%12ccccc%12c%11)cc%10)c%10ccccc9%10)cc8)cc7c6c5)cccc4c3c2)cc(-c2c3ccccc3c(-c3ccc(-c4ccc5ccccc5c4)cc3)c3ccccc23)c1. The van der Waals surface area contributed by atoms with Crippen LogP contribution in [0.1, 0.15) is 0 Å². The summed E-state index contributed by atoms with van der Waals surface area (Å²) < 4.78 is 13.5. The molecule has 454 valence electrons. The topological polar surface area (TPSA) is 26.3 Å². The third kappa shape index (κ3) is 9.10. The summed E-state index contributed by atoms with van der Waals surface area (Å²) >= 11 is 0. The summed E-state index contributed by atoms with van der Waals surface area (Å²) in [6.07, 6.45) is 0. The molecule has 0 bridgehead atoms. The van der Waals surface area contributed by atoms with E-state index in [0.717, 1.165) is 77.3 Å². The molecule has 0 aliphatic rings. The van der Waals surface area contributed by atoms with Crippen LogP contribution in [0.25, 0.3) is 209 Å². The highest BCUT2D eigenvalue weighted by Crippen LogP contribution is 2.48. The van der Waals surface area contributed by atoms with Crippen LogP contribution in [0.2, 0.25) is 0 Å². The van der Waals surface area contributed by atoms with Gasteiger partial charge in [-0.25, -0.2) is 0 Å². The maximum atomic E-state index is 6.89. The minimum Gasteiger partial charge on any atom is -0.456 e. The first kappa shape index (κ1) is 55.6. The zero-order chi connectivity index (χ0) is 64.4. The van der Waals surface area contributed by atoms with Crippen molar-refractivity contribution < 1.29 is 8.83 Å². The van der Waals surface area contributed by atoms with Gasteiger partial charge in [-0.1, -0.05) is 297 Å². The number of fused-ring (bicyclic) bond motifs is 12. The van der Waals surface area contributed by atoms with E-state index in [1.807, 2.05) is 0 Å². The molecule has 0 aliphatic carbocycles. The molecule has 0 spiro atoms. The van der Waals surface area contributed by atoms with Gasteiger partial charge >= 0.3 is 0 Å². The van der Waals surface area contributed by atoms with Gasteiger partial charge in [0.05, 0.1) is 0 Å². The van der Waals surface area contributed by atoms with Gasteiger partial charge in [-0.05, 0) is 214 Å². The fourth-order valence-electron chi connectivity index (χ4n) is 15.9. The molecule has 0 amide bonds. The van der Waals surface area contributed by atoms with E-state index in [4.69, 9.17) is 8.83 Å². The van der Waals surface area contributed by atoms with Crippen molar-refractivity contribution in [1.29, 1.82) is 0 Å². The van der Waals surface area contributed by atoms with Crippen molar-refractivity contribution in [1.82, 2.24) is 0 Å². The second kappa shape index (κ2) is 22.4. The van der Waals surface area contributed by atoms with Crippen molar-refractivity contribution in [2.45, 2.75) is 0 Å². The Morgan fingerprint density at radius 3 is 0.878 bits per heavy atom. The van der Waals surface area contributed by atoms with Gasteiger partial charge in [0.25, 0.3) is 0 Å². The third-order valence-corrected chi connectivity index (χ3v) is 20.6. The van der Waals surface area contributed by atoms with E-state index in [9.17, 15) is 0 Å². The lowest BCUT2D eigenvalue weighted by Crippen LogP contribution is -1.91. The maximum Gasteiger partial charge on any atom is 0.143 e. The van der Waals surface area contributed by atoms with Gasteiger partial charge in [-0.3, -0.25) is 0 Å². The summed E-state index contributed by atoms with van der Waals surface area (Å²) in [7, 11) is 0. The molecule has 20 rings (SSSR count). The highest BCUT2D eigenvalue weighted by Gasteiger charge is 2.22. The fourth-order valence-corrected chi connectivity index (χ4v) is 15.9. The molecule has 0 unspecified atom stereocenters. The van der Waals surface area contributed by atoms with Crippen molar-refractivity contribution in [3.05, 3.63) is 352 Å². The number of benzene rings is 18. The van der Waals surface area contributed by atoms with Crippen LogP contribution in [0.3, 0.4) is 0 Å². The van der Waals surface area contributed by atoms with E-state index in [1.165, 1.54) is 131 Å². The zero-order valence-electron chi connectivity index (χ0n) is 53.3. The quantitative estimate of drug-likeness (QED) is 0.135. The molecule has 98 heavy (non-hydrogen) atoms. The lowest BCUT2D eigenvalue weighted by Gasteiger charge is -2.18. The zero-order valence-corrected chi connectivity index (χ0v) is 53.3. The van der Waals surface area contributed by atoms with E-state index < -0.39 is 0 Å². The Bertz CT molecular complexity index is 6530. The largest absolute Gasteiger partial charge is 0.456 e. The van der Waals surface area contributed by atoms with E-state index in [-0.39, 0.29) is 0 Å². The van der Waals surface area contributed by atoms with Crippen molar-refractivity contribution >= 4 is 109 Å². The van der Waals surface area contributed by atoms with Crippen molar-refractivity contribution in [2.75, 3.05) is 0 Å². The van der Waals surface area contributed by atoms with Crippen LogP contribution in [-0.2, 0) is 0 Å². The molecule has 0 aliphatic heterocycles. The molecule has 2 aromatic heterocycles. The van der Waals surface area contributed by atoms with E-state index in [1.54, 1.807) is 0 Å². The third-order valence-electron chi connectivity index (χ3n) is 20.6. The van der Waals surface area contributed by atoms with Crippen LogP contribution in [-0.4, -0.2) is 0 Å². The molecule has 18 aromatic carbocycles. The smallest absolute Gasteiger partial charge is 0.143 e. The lowest BCUT2D eigenvalue weighted by molar-refractivity contribution is 0.668. The van der Waals surface area contributed by atoms with Crippen LogP contribution in [0.5, 0.6) is 0 Å². The maximum absolute atomic E-state index is 6.89. The average molecular weight is 1240 g/mol. The summed E-state index contributed by atoms with van der Waals surface area (Å²) in [4.78, 5) is 0. The number of para-hydroxylation sites is 1.